The molecule has 1 heterocycles. The number of nitrogens with one attached hydrogen (secondary N) is 1. The Labute approximate surface area is 60.2 Å². The Kier molecular flexibility index (Phi) is 1.89. The van der Waals surface area contributed by atoms with Gasteiger partial charge in [-0.25, -0.2) is 10.4 Å². The Morgan fingerprint density at radius 1 is 1.70 bits per heavy atom. The molecular weight excluding hydrogens is 128 g/mol. The van der Waals surface area contributed by atoms with Crippen LogP contribution in [0.3, 0.4) is 0 Å². The van der Waals surface area contributed by atoms with Gasteiger partial charge in [0, 0.05) is 6.21 Å². The Morgan fingerprint density at radius 3 is 2.80 bits per heavy atom. The average molecular weight is 140 g/mol. The molecule has 0 amide bonds. The zero-order chi connectivity index (χ0) is 7.56. The minimum atomic E-state index is 0.140. The lowest BCUT2D eigenvalue weighted by molar-refractivity contribution is 0.592. The van der Waals surface area contributed by atoms with Gasteiger partial charge in [-0.2, -0.15) is 5.10 Å². The van der Waals surface area contributed by atoms with E-state index in [4.69, 9.17) is 5.73 Å². The van der Waals surface area contributed by atoms with E-state index in [2.05, 4.69) is 29.4 Å². The van der Waals surface area contributed by atoms with Gasteiger partial charge in [0.2, 0.25) is 5.96 Å². The summed E-state index contributed by atoms with van der Waals surface area (Å²) in [4.78, 5) is 4.12. The maximum Gasteiger partial charge on any atom is 0.210 e. The summed E-state index contributed by atoms with van der Waals surface area (Å²) in [5.41, 5.74) is 7.95. The fourth-order valence-corrected chi connectivity index (χ4v) is 0.724. The number of aliphatic imine (C=N–C) groups is 1. The standard InChI is InChI=1S/C6H12N4/c1-4(2)5-3-8-10-6(7)9-5/h3-5H,1-2H3,(H3,7,9,10)/t5-/m1/s1. The number of guanidine groups is 1. The van der Waals surface area contributed by atoms with E-state index in [1.165, 1.54) is 0 Å². The van der Waals surface area contributed by atoms with Crippen molar-refractivity contribution in [1.29, 1.82) is 0 Å². The molecule has 0 aromatic heterocycles. The Hall–Kier alpha value is -1.06. The number of nitrogens with zero attached hydrogens (tertiary/aromatic N) is 2. The molecule has 1 aliphatic rings. The van der Waals surface area contributed by atoms with E-state index >= 15 is 0 Å². The van der Waals surface area contributed by atoms with Gasteiger partial charge < -0.3 is 5.73 Å². The SMILES string of the molecule is CC(C)[C@H]1C=NNC(N)=N1. The first kappa shape index (κ1) is 7.05. The summed E-state index contributed by atoms with van der Waals surface area (Å²) in [5, 5.41) is 3.83. The molecule has 1 rings (SSSR count). The van der Waals surface area contributed by atoms with Crippen molar-refractivity contribution >= 4 is 12.2 Å². The predicted octanol–water partition coefficient (Wildman–Crippen LogP) is -0.0853. The molecular formula is C6H12N4. The summed E-state index contributed by atoms with van der Waals surface area (Å²) in [7, 11) is 0. The summed E-state index contributed by atoms with van der Waals surface area (Å²) in [5.74, 6) is 0.866. The van der Waals surface area contributed by atoms with Gasteiger partial charge in [0.15, 0.2) is 0 Å². The first-order valence-corrected chi connectivity index (χ1v) is 3.32. The van der Waals surface area contributed by atoms with Gasteiger partial charge >= 0.3 is 0 Å². The quantitative estimate of drug-likeness (QED) is 0.535. The molecule has 56 valence electrons. The van der Waals surface area contributed by atoms with E-state index in [9.17, 15) is 0 Å². The minimum Gasteiger partial charge on any atom is -0.369 e. The lowest BCUT2D eigenvalue weighted by Crippen LogP contribution is -2.35. The number of nitrogens with two attached hydrogens (primary N) is 1. The lowest BCUT2D eigenvalue weighted by atomic mass is 10.1. The van der Waals surface area contributed by atoms with Crippen LogP contribution in [0.1, 0.15) is 13.8 Å². The third kappa shape index (κ3) is 1.46. The summed E-state index contributed by atoms with van der Waals surface area (Å²) in [6.45, 7) is 4.16. The minimum absolute atomic E-state index is 0.140. The molecule has 4 heteroatoms. The van der Waals surface area contributed by atoms with Crippen LogP contribution in [0.4, 0.5) is 0 Å². The molecule has 0 saturated carbocycles. The van der Waals surface area contributed by atoms with Crippen LogP contribution < -0.4 is 11.2 Å². The molecule has 0 aromatic carbocycles. The molecule has 0 spiro atoms. The summed E-state index contributed by atoms with van der Waals surface area (Å²) < 4.78 is 0. The molecule has 0 aromatic rings. The van der Waals surface area contributed by atoms with Crippen LogP contribution in [0.2, 0.25) is 0 Å². The summed E-state index contributed by atoms with van der Waals surface area (Å²) in [6, 6.07) is 0.140. The topological polar surface area (TPSA) is 62.8 Å². The van der Waals surface area contributed by atoms with Crippen molar-refractivity contribution in [2.75, 3.05) is 0 Å². The highest BCUT2D eigenvalue weighted by Gasteiger charge is 2.11. The third-order valence-electron chi connectivity index (χ3n) is 1.38. The molecule has 0 bridgehead atoms. The molecule has 0 saturated heterocycles. The second kappa shape index (κ2) is 2.68. The fraction of sp³-hybridized carbons (Fsp3) is 0.667. The van der Waals surface area contributed by atoms with Crippen LogP contribution in [0.15, 0.2) is 10.1 Å². The number of rotatable bonds is 1. The van der Waals surface area contributed by atoms with Crippen LogP contribution in [0.25, 0.3) is 0 Å². The van der Waals surface area contributed by atoms with Crippen LogP contribution in [-0.4, -0.2) is 18.2 Å². The van der Waals surface area contributed by atoms with E-state index in [-0.39, 0.29) is 6.04 Å². The largest absolute Gasteiger partial charge is 0.369 e. The molecule has 10 heavy (non-hydrogen) atoms. The molecule has 1 aliphatic heterocycles. The Morgan fingerprint density at radius 2 is 2.40 bits per heavy atom. The molecule has 0 fully saturated rings. The highest BCUT2D eigenvalue weighted by molar-refractivity contribution is 5.84. The second-order valence-electron chi connectivity index (χ2n) is 2.64. The van der Waals surface area contributed by atoms with E-state index in [1.807, 2.05) is 0 Å². The molecule has 0 unspecified atom stereocenters. The third-order valence-corrected chi connectivity index (χ3v) is 1.38. The van der Waals surface area contributed by atoms with Crippen molar-refractivity contribution in [3.8, 4) is 0 Å². The molecule has 3 N–H and O–H groups in total. The van der Waals surface area contributed by atoms with Gasteiger partial charge in [-0.1, -0.05) is 13.8 Å². The monoisotopic (exact) mass is 140 g/mol. The molecule has 1 atom stereocenters. The maximum absolute atomic E-state index is 5.39. The normalized spacial score (nSPS) is 24.3. The van der Waals surface area contributed by atoms with Crippen molar-refractivity contribution in [3.05, 3.63) is 0 Å². The number of hydrogen-bond acceptors (Lipinski definition) is 4. The first-order chi connectivity index (χ1) is 4.70. The van der Waals surface area contributed by atoms with Gasteiger partial charge in [-0.3, -0.25) is 0 Å². The van der Waals surface area contributed by atoms with E-state index in [1.54, 1.807) is 6.21 Å². The molecule has 0 radical (unpaired) electrons. The lowest BCUT2D eigenvalue weighted by Gasteiger charge is -2.15. The van der Waals surface area contributed by atoms with E-state index in [0.717, 1.165) is 0 Å². The van der Waals surface area contributed by atoms with Crippen LogP contribution in [0, 0.1) is 5.92 Å². The zero-order valence-electron chi connectivity index (χ0n) is 6.20. The van der Waals surface area contributed by atoms with Crippen molar-refractivity contribution in [1.82, 2.24) is 5.43 Å². The smallest absolute Gasteiger partial charge is 0.210 e. The predicted molar refractivity (Wildman–Crippen MR) is 41.9 cm³/mol. The number of hydrogen-bond donors (Lipinski definition) is 2. The van der Waals surface area contributed by atoms with Crippen LogP contribution in [0.5, 0.6) is 0 Å². The van der Waals surface area contributed by atoms with Crippen molar-refractivity contribution < 1.29 is 0 Å². The Balaban J connectivity index is 2.61. The van der Waals surface area contributed by atoms with Gasteiger partial charge in [0.05, 0.1) is 6.04 Å². The summed E-state index contributed by atoms with van der Waals surface area (Å²) in [6.07, 6.45) is 1.76. The summed E-state index contributed by atoms with van der Waals surface area (Å²) >= 11 is 0. The highest BCUT2D eigenvalue weighted by atomic mass is 15.4. The number of hydrazone groups is 1. The van der Waals surface area contributed by atoms with E-state index < -0.39 is 0 Å². The van der Waals surface area contributed by atoms with Gasteiger partial charge in [-0.05, 0) is 5.92 Å². The van der Waals surface area contributed by atoms with Gasteiger partial charge in [-0.15, -0.1) is 0 Å². The first-order valence-electron chi connectivity index (χ1n) is 3.32. The second-order valence-corrected chi connectivity index (χ2v) is 2.64. The van der Waals surface area contributed by atoms with Gasteiger partial charge in [0.25, 0.3) is 0 Å². The van der Waals surface area contributed by atoms with E-state index in [0.29, 0.717) is 11.9 Å². The van der Waals surface area contributed by atoms with Crippen molar-refractivity contribution in [2.45, 2.75) is 19.9 Å². The zero-order valence-corrected chi connectivity index (χ0v) is 6.20. The highest BCUT2D eigenvalue weighted by Crippen LogP contribution is 2.04. The average Bonchev–Trinajstić information content (AvgIpc) is 1.88. The van der Waals surface area contributed by atoms with Crippen molar-refractivity contribution in [2.24, 2.45) is 21.7 Å². The molecule has 0 aliphatic carbocycles. The molecule has 4 nitrogen and oxygen atoms in total. The fourth-order valence-electron chi connectivity index (χ4n) is 0.724. The Bertz CT molecular complexity index is 171. The van der Waals surface area contributed by atoms with Crippen LogP contribution >= 0.6 is 0 Å². The van der Waals surface area contributed by atoms with Gasteiger partial charge in [0.1, 0.15) is 0 Å². The van der Waals surface area contributed by atoms with Crippen molar-refractivity contribution in [3.63, 3.8) is 0 Å². The maximum atomic E-state index is 5.39. The van der Waals surface area contributed by atoms with Crippen LogP contribution in [-0.2, 0) is 0 Å².